The van der Waals surface area contributed by atoms with Gasteiger partial charge in [0.2, 0.25) is 0 Å². The van der Waals surface area contributed by atoms with E-state index >= 15 is 0 Å². The fraction of sp³-hybridized carbons (Fsp3) is 0.0909. The molecule has 0 aliphatic carbocycles. The van der Waals surface area contributed by atoms with Gasteiger partial charge in [0, 0.05) is 32.7 Å². The predicted molar refractivity (Wildman–Crippen MR) is 247 cm³/mol. The van der Waals surface area contributed by atoms with E-state index in [4.69, 9.17) is 6.57 Å². The first-order chi connectivity index (χ1) is 32.3. The zero-order valence-corrected chi connectivity index (χ0v) is 35.6. The molecule has 68 heavy (non-hydrogen) atoms. The number of hydrogen-bond acceptors (Lipinski definition) is 1. The number of aromatic nitrogens is 2. The third-order valence-corrected chi connectivity index (χ3v) is 12.2. The number of nitrogens with zero attached hydrogens (tertiary/aromatic N) is 4. The van der Waals surface area contributed by atoms with Gasteiger partial charge in [-0.3, -0.25) is 0 Å². The fourth-order valence-corrected chi connectivity index (χ4v) is 9.37. The highest BCUT2D eigenvalue weighted by molar-refractivity contribution is 6.13. The molecular weight excluding hydrogens is 888 g/mol. The Kier molecular flexibility index (Phi) is 10.0. The number of fused-ring (bicyclic) bond motifs is 6. The van der Waals surface area contributed by atoms with Crippen LogP contribution in [-0.2, 0) is 18.5 Å². The van der Waals surface area contributed by atoms with Gasteiger partial charge in [0.15, 0.2) is 5.69 Å². The molecule has 8 aromatic carbocycles. The maximum Gasteiger partial charge on any atom is 0.416 e. The smallest absolute Gasteiger partial charge is 0.309 e. The lowest BCUT2D eigenvalue weighted by atomic mass is 9.95. The van der Waals surface area contributed by atoms with E-state index in [9.17, 15) is 44.8 Å². The van der Waals surface area contributed by atoms with E-state index in [0.29, 0.717) is 88.4 Å². The summed E-state index contributed by atoms with van der Waals surface area (Å²) in [4.78, 5) is 3.62. The van der Waals surface area contributed by atoms with Gasteiger partial charge in [0.25, 0.3) is 0 Å². The summed E-state index contributed by atoms with van der Waals surface area (Å²) < 4.78 is 131. The zero-order valence-electron chi connectivity index (χ0n) is 35.6. The Bertz CT molecular complexity index is 3610. The number of nitriles is 1. The number of halogens is 9. The van der Waals surface area contributed by atoms with Crippen molar-refractivity contribution >= 4 is 49.3 Å². The summed E-state index contributed by atoms with van der Waals surface area (Å²) in [6, 6.07) is 40.8. The number of benzene rings is 8. The molecule has 0 unspecified atom stereocenters. The average molecular weight is 919 g/mol. The van der Waals surface area contributed by atoms with Crippen molar-refractivity contribution in [2.75, 3.05) is 0 Å². The summed E-state index contributed by atoms with van der Waals surface area (Å²) in [5, 5.41) is 13.3. The minimum atomic E-state index is -4.79. The van der Waals surface area contributed by atoms with Gasteiger partial charge in [-0.05, 0) is 132 Å². The van der Waals surface area contributed by atoms with Crippen molar-refractivity contribution in [2.24, 2.45) is 0 Å². The zero-order chi connectivity index (χ0) is 48.0. The molecule has 0 N–H and O–H groups in total. The number of hydrogen-bond donors (Lipinski definition) is 0. The second kappa shape index (κ2) is 15.7. The van der Waals surface area contributed by atoms with Crippen molar-refractivity contribution in [2.45, 2.75) is 32.4 Å². The molecule has 0 radical (unpaired) electrons. The van der Waals surface area contributed by atoms with Crippen LogP contribution in [0.5, 0.6) is 0 Å². The maximum absolute atomic E-state index is 14.3. The first-order valence-corrected chi connectivity index (χ1v) is 21.0. The highest BCUT2D eigenvalue weighted by Gasteiger charge is 2.34. The molecule has 0 aliphatic heterocycles. The molecule has 0 spiro atoms. The molecule has 0 bridgehead atoms. The van der Waals surface area contributed by atoms with E-state index in [1.807, 2.05) is 33.4 Å². The second-order valence-corrected chi connectivity index (χ2v) is 16.7. The highest BCUT2D eigenvalue weighted by atomic mass is 19.4. The summed E-state index contributed by atoms with van der Waals surface area (Å²) >= 11 is 0. The monoisotopic (exact) mass is 918 g/mol. The third-order valence-electron chi connectivity index (χ3n) is 12.2. The van der Waals surface area contributed by atoms with Gasteiger partial charge in [-0.1, -0.05) is 72.8 Å². The van der Waals surface area contributed by atoms with Crippen molar-refractivity contribution < 1.29 is 39.5 Å². The van der Waals surface area contributed by atoms with Gasteiger partial charge >= 0.3 is 18.5 Å². The quantitative estimate of drug-likeness (QED) is 0.125. The van der Waals surface area contributed by atoms with E-state index in [1.165, 1.54) is 6.07 Å². The van der Waals surface area contributed by atoms with E-state index in [1.54, 1.807) is 98.8 Å². The van der Waals surface area contributed by atoms with Gasteiger partial charge in [0.1, 0.15) is 0 Å². The van der Waals surface area contributed by atoms with E-state index in [0.717, 1.165) is 36.4 Å². The van der Waals surface area contributed by atoms with Crippen LogP contribution in [0.4, 0.5) is 45.2 Å². The van der Waals surface area contributed by atoms with Crippen LogP contribution < -0.4 is 0 Å². The SMILES string of the molecule is [C-]#[N+]c1cc(C(F)(F)F)ccc1-c1c(-n2c3ccccc3c3cc(-c4cc(C)cc(C(F)(F)F)c4)ccc32)cc(C#N)cc1-n1c2ccccc2c2cc(-c3cc(C)cc(C(F)(F)F)c3)ccc21. The minimum absolute atomic E-state index is 0.103. The molecule has 4 nitrogen and oxygen atoms in total. The molecule has 2 heterocycles. The molecule has 334 valence electrons. The molecule has 0 saturated carbocycles. The summed E-state index contributed by atoms with van der Waals surface area (Å²) in [5.74, 6) is 0. The van der Waals surface area contributed by atoms with Crippen LogP contribution in [0.25, 0.3) is 93.2 Å². The first kappa shape index (κ1) is 43.6. The highest BCUT2D eigenvalue weighted by Crippen LogP contribution is 2.48. The normalized spacial score (nSPS) is 12.3. The Morgan fingerprint density at radius 2 is 0.897 bits per heavy atom. The minimum Gasteiger partial charge on any atom is -0.309 e. The average Bonchev–Trinajstić information content (AvgIpc) is 3.81. The van der Waals surface area contributed by atoms with Crippen molar-refractivity contribution in [1.29, 1.82) is 5.26 Å². The molecule has 0 aliphatic rings. The number of alkyl halides is 9. The lowest BCUT2D eigenvalue weighted by Crippen LogP contribution is -2.07. The fourth-order valence-electron chi connectivity index (χ4n) is 9.37. The summed E-state index contributed by atoms with van der Waals surface area (Å²) in [6.07, 6.45) is -14.0. The topological polar surface area (TPSA) is 38.0 Å². The number of aryl methyl sites for hydroxylation is 2. The van der Waals surface area contributed by atoms with Gasteiger partial charge in [-0.25, -0.2) is 4.85 Å². The van der Waals surface area contributed by atoms with Crippen LogP contribution >= 0.6 is 0 Å². The standard InChI is InChI=1S/C55H31F9N4/c1-30-18-35(24-38(20-30)54(59,60)61)33-12-16-48-43(26-33)40-8-4-6-10-46(40)67(48)50-22-32(29-65)23-51(52(50)42-15-14-37(53(56,57)58)28-45(42)66-3)68-47-11-7-5-9-41(47)44-27-34(13-17-49(44)68)36-19-31(2)21-39(25-36)55(62,63)64/h4-28H,1-2H3. The van der Waals surface area contributed by atoms with Crippen LogP contribution in [-0.4, -0.2) is 9.13 Å². The van der Waals surface area contributed by atoms with Crippen LogP contribution in [0.15, 0.2) is 152 Å². The van der Waals surface area contributed by atoms with Gasteiger partial charge < -0.3 is 9.13 Å². The van der Waals surface area contributed by atoms with Crippen molar-refractivity contribution in [3.8, 4) is 50.8 Å². The maximum atomic E-state index is 14.3. The van der Waals surface area contributed by atoms with Crippen molar-refractivity contribution in [1.82, 2.24) is 9.13 Å². The predicted octanol–water partition coefficient (Wildman–Crippen LogP) is 17.0. The molecule has 2 aromatic heterocycles. The van der Waals surface area contributed by atoms with E-state index < -0.39 is 35.2 Å². The lowest BCUT2D eigenvalue weighted by molar-refractivity contribution is -0.138. The van der Waals surface area contributed by atoms with Crippen LogP contribution in [0, 0.1) is 31.8 Å². The van der Waals surface area contributed by atoms with Crippen LogP contribution in [0.1, 0.15) is 33.4 Å². The molecule has 13 heteroatoms. The summed E-state index contributed by atoms with van der Waals surface area (Å²) in [5.41, 5.74) is 2.82. The Balaban J connectivity index is 1.31. The Labute approximate surface area is 381 Å². The van der Waals surface area contributed by atoms with Crippen LogP contribution in [0.3, 0.4) is 0 Å². The first-order valence-electron chi connectivity index (χ1n) is 21.0. The third kappa shape index (κ3) is 7.37. The lowest BCUT2D eigenvalue weighted by Gasteiger charge is -2.22. The Morgan fingerprint density at radius 3 is 1.32 bits per heavy atom. The van der Waals surface area contributed by atoms with Crippen molar-refractivity contribution in [3.05, 3.63) is 196 Å². The second-order valence-electron chi connectivity index (χ2n) is 16.7. The molecule has 0 atom stereocenters. The molecule has 0 fully saturated rings. The van der Waals surface area contributed by atoms with Gasteiger partial charge in [-0.15, -0.1) is 0 Å². The summed E-state index contributed by atoms with van der Waals surface area (Å²) in [7, 11) is 0. The Hall–Kier alpha value is -8.29. The summed E-state index contributed by atoms with van der Waals surface area (Å²) in [6.45, 7) is 11.4. The van der Waals surface area contributed by atoms with E-state index in [2.05, 4.69) is 10.9 Å². The van der Waals surface area contributed by atoms with Crippen molar-refractivity contribution in [3.63, 3.8) is 0 Å². The number of para-hydroxylation sites is 2. The van der Waals surface area contributed by atoms with Gasteiger partial charge in [-0.2, -0.15) is 44.8 Å². The van der Waals surface area contributed by atoms with E-state index in [-0.39, 0.29) is 22.4 Å². The van der Waals surface area contributed by atoms with Crippen LogP contribution in [0.2, 0.25) is 0 Å². The van der Waals surface area contributed by atoms with Gasteiger partial charge in [0.05, 0.1) is 62.8 Å². The molecule has 10 aromatic rings. The molecule has 0 saturated heterocycles. The molecular formula is C55H31F9N4. The molecule has 0 amide bonds. The Morgan fingerprint density at radius 1 is 0.456 bits per heavy atom. The largest absolute Gasteiger partial charge is 0.416 e. The molecule has 10 rings (SSSR count). The number of rotatable bonds is 5.